The van der Waals surface area contributed by atoms with Gasteiger partial charge in [0.15, 0.2) is 0 Å². The number of aliphatic hydroxyl groups is 1. The fraction of sp³-hybridized carbons (Fsp3) is 0.538. The van der Waals surface area contributed by atoms with Gasteiger partial charge in [0.25, 0.3) is 0 Å². The van der Waals surface area contributed by atoms with Crippen LogP contribution in [-0.2, 0) is 24.3 Å². The smallest absolute Gasteiger partial charge is 0.124 e. The van der Waals surface area contributed by atoms with Crippen molar-refractivity contribution in [1.29, 1.82) is 0 Å². The van der Waals surface area contributed by atoms with Crippen molar-refractivity contribution in [2.75, 3.05) is 33.4 Å². The van der Waals surface area contributed by atoms with E-state index in [0.717, 1.165) is 63.1 Å². The molecule has 164 valence electrons. The number of piperidine rings is 1. The molecule has 30 heavy (non-hydrogen) atoms. The van der Waals surface area contributed by atoms with Crippen molar-refractivity contribution in [1.82, 2.24) is 4.90 Å². The molecule has 1 N–H and O–H groups in total. The minimum Gasteiger partial charge on any atom is -0.496 e. The van der Waals surface area contributed by atoms with Gasteiger partial charge in [-0.05, 0) is 68.8 Å². The highest BCUT2D eigenvalue weighted by Gasteiger charge is 2.34. The highest BCUT2D eigenvalue weighted by atomic mass is 16.5. The summed E-state index contributed by atoms with van der Waals surface area (Å²) in [6.45, 7) is 6.52. The van der Waals surface area contributed by atoms with Crippen molar-refractivity contribution < 1.29 is 14.6 Å². The van der Waals surface area contributed by atoms with Gasteiger partial charge in [0.05, 0.1) is 13.7 Å². The van der Waals surface area contributed by atoms with Crippen molar-refractivity contribution in [2.45, 2.75) is 52.2 Å². The molecule has 3 rings (SSSR count). The van der Waals surface area contributed by atoms with Crippen molar-refractivity contribution >= 4 is 0 Å². The lowest BCUT2D eigenvalue weighted by Crippen LogP contribution is -2.45. The molecule has 0 amide bonds. The number of likely N-dealkylation sites (tertiary alicyclic amines) is 1. The van der Waals surface area contributed by atoms with Crippen LogP contribution in [0, 0.1) is 5.41 Å². The number of methoxy groups -OCH3 is 1. The summed E-state index contributed by atoms with van der Waals surface area (Å²) in [4.78, 5) is 2.51. The van der Waals surface area contributed by atoms with E-state index < -0.39 is 0 Å². The van der Waals surface area contributed by atoms with E-state index >= 15 is 0 Å². The predicted octanol–water partition coefficient (Wildman–Crippen LogP) is 4.83. The van der Waals surface area contributed by atoms with E-state index in [2.05, 4.69) is 47.4 Å². The van der Waals surface area contributed by atoms with Crippen LogP contribution >= 0.6 is 0 Å². The molecule has 1 aliphatic heterocycles. The molecular formula is C26H37NO3. The second-order valence-corrected chi connectivity index (χ2v) is 8.59. The van der Waals surface area contributed by atoms with Crippen molar-refractivity contribution in [3.8, 4) is 5.75 Å². The van der Waals surface area contributed by atoms with Crippen LogP contribution in [-0.4, -0.2) is 43.4 Å². The van der Waals surface area contributed by atoms with E-state index in [4.69, 9.17) is 9.47 Å². The number of ether oxygens (including phenoxy) is 2. The first kappa shape index (κ1) is 22.8. The fourth-order valence-corrected chi connectivity index (χ4v) is 4.68. The van der Waals surface area contributed by atoms with E-state index in [1.165, 1.54) is 11.1 Å². The van der Waals surface area contributed by atoms with E-state index in [1.807, 2.05) is 13.0 Å². The Hall–Kier alpha value is -1.88. The minimum atomic E-state index is 0.0215. The summed E-state index contributed by atoms with van der Waals surface area (Å²) in [5, 5.41) is 10.3. The molecule has 0 saturated carbocycles. The monoisotopic (exact) mass is 411 g/mol. The molecule has 1 saturated heterocycles. The number of hydrogen-bond acceptors (Lipinski definition) is 4. The van der Waals surface area contributed by atoms with Gasteiger partial charge >= 0.3 is 0 Å². The summed E-state index contributed by atoms with van der Waals surface area (Å²) < 4.78 is 11.1. The summed E-state index contributed by atoms with van der Waals surface area (Å²) in [5.74, 6) is 0.886. The molecule has 1 atom stereocenters. The largest absolute Gasteiger partial charge is 0.496 e. The fourth-order valence-electron chi connectivity index (χ4n) is 4.68. The molecule has 1 fully saturated rings. The maximum atomic E-state index is 10.3. The molecule has 0 aromatic heterocycles. The summed E-state index contributed by atoms with van der Waals surface area (Å²) in [5.41, 5.74) is 3.79. The van der Waals surface area contributed by atoms with Crippen LogP contribution < -0.4 is 4.74 Å². The molecule has 0 unspecified atom stereocenters. The van der Waals surface area contributed by atoms with Crippen LogP contribution in [0.5, 0.6) is 5.75 Å². The average Bonchev–Trinajstić information content (AvgIpc) is 2.79. The highest BCUT2D eigenvalue weighted by Crippen LogP contribution is 2.35. The first-order chi connectivity index (χ1) is 14.7. The lowest BCUT2D eigenvalue weighted by atomic mass is 9.76. The molecular weight excluding hydrogens is 374 g/mol. The number of aliphatic hydroxyl groups excluding tert-OH is 1. The topological polar surface area (TPSA) is 41.9 Å². The van der Waals surface area contributed by atoms with Gasteiger partial charge in [-0.25, -0.2) is 0 Å². The molecule has 0 spiro atoms. The Morgan fingerprint density at radius 2 is 1.93 bits per heavy atom. The van der Waals surface area contributed by atoms with Crippen LogP contribution in [0.1, 0.15) is 49.3 Å². The molecule has 0 aliphatic carbocycles. The number of aryl methyl sites for hydroxylation is 1. The Morgan fingerprint density at radius 3 is 2.67 bits per heavy atom. The van der Waals surface area contributed by atoms with Gasteiger partial charge in [0.1, 0.15) is 5.75 Å². The normalized spacial score (nSPS) is 19.7. The van der Waals surface area contributed by atoms with Gasteiger partial charge < -0.3 is 14.6 Å². The number of hydrogen-bond donors (Lipinski definition) is 1. The molecule has 0 radical (unpaired) electrons. The third-order valence-electron chi connectivity index (χ3n) is 6.30. The summed E-state index contributed by atoms with van der Waals surface area (Å²) in [6.07, 6.45) is 5.55. The van der Waals surface area contributed by atoms with Gasteiger partial charge in [-0.1, -0.05) is 36.4 Å². The summed E-state index contributed by atoms with van der Waals surface area (Å²) in [7, 11) is 1.71. The van der Waals surface area contributed by atoms with Crippen molar-refractivity contribution in [2.24, 2.45) is 5.41 Å². The second-order valence-electron chi connectivity index (χ2n) is 8.59. The zero-order valence-corrected chi connectivity index (χ0v) is 18.6. The molecule has 1 aliphatic rings. The zero-order valence-electron chi connectivity index (χ0n) is 18.6. The average molecular weight is 412 g/mol. The van der Waals surface area contributed by atoms with Gasteiger partial charge in [-0.15, -0.1) is 0 Å². The van der Waals surface area contributed by atoms with E-state index in [-0.39, 0.29) is 12.0 Å². The van der Waals surface area contributed by atoms with Gasteiger partial charge in [0, 0.05) is 37.3 Å². The Labute approximate surface area is 181 Å². The Morgan fingerprint density at radius 1 is 1.10 bits per heavy atom. The molecule has 0 bridgehead atoms. The lowest BCUT2D eigenvalue weighted by molar-refractivity contribution is 0.0207. The maximum Gasteiger partial charge on any atom is 0.124 e. The van der Waals surface area contributed by atoms with Crippen LogP contribution in [0.15, 0.2) is 48.5 Å². The third kappa shape index (κ3) is 6.31. The second kappa shape index (κ2) is 11.5. The first-order valence-electron chi connectivity index (χ1n) is 11.3. The molecule has 2 aromatic carbocycles. The van der Waals surface area contributed by atoms with Crippen LogP contribution in [0.2, 0.25) is 0 Å². The summed E-state index contributed by atoms with van der Waals surface area (Å²) in [6, 6.07) is 17.1. The lowest BCUT2D eigenvalue weighted by Gasteiger charge is -2.42. The Balaban J connectivity index is 1.60. The minimum absolute atomic E-state index is 0.0215. The Bertz CT molecular complexity index is 764. The van der Waals surface area contributed by atoms with Gasteiger partial charge in [0.2, 0.25) is 0 Å². The molecule has 4 heteroatoms. The summed E-state index contributed by atoms with van der Waals surface area (Å²) >= 11 is 0. The van der Waals surface area contributed by atoms with Gasteiger partial charge in [-0.3, -0.25) is 4.90 Å². The number of rotatable bonds is 11. The predicted molar refractivity (Wildman–Crippen MR) is 122 cm³/mol. The number of nitrogens with zero attached hydrogens (tertiary/aromatic N) is 1. The standard InChI is InChI=1S/C26H37NO3/c1-3-30-19-24-17-23(12-13-25(24)29-2)18-27-16-8-15-26(20-27,21-28)14-7-11-22-9-5-4-6-10-22/h4-6,9-10,12-13,17,28H,3,7-8,11,14-16,18-21H2,1-2H3/t26-/m0/s1. The van der Waals surface area contributed by atoms with Gasteiger partial charge in [-0.2, -0.15) is 0 Å². The van der Waals surface area contributed by atoms with E-state index in [9.17, 15) is 5.11 Å². The third-order valence-corrected chi connectivity index (χ3v) is 6.30. The SMILES string of the molecule is CCOCc1cc(CN2CCC[C@@](CO)(CCCc3ccccc3)C2)ccc1OC. The quantitative estimate of drug-likeness (QED) is 0.575. The maximum absolute atomic E-state index is 10.3. The van der Waals surface area contributed by atoms with Crippen molar-refractivity contribution in [3.05, 3.63) is 65.2 Å². The van der Waals surface area contributed by atoms with Crippen LogP contribution in [0.4, 0.5) is 0 Å². The van der Waals surface area contributed by atoms with Crippen molar-refractivity contribution in [3.63, 3.8) is 0 Å². The molecule has 2 aromatic rings. The first-order valence-corrected chi connectivity index (χ1v) is 11.3. The zero-order chi connectivity index (χ0) is 21.2. The highest BCUT2D eigenvalue weighted by molar-refractivity contribution is 5.37. The molecule has 4 nitrogen and oxygen atoms in total. The molecule has 1 heterocycles. The van der Waals surface area contributed by atoms with Crippen LogP contribution in [0.25, 0.3) is 0 Å². The Kier molecular flexibility index (Phi) is 8.74. The van der Waals surface area contributed by atoms with Crippen LogP contribution in [0.3, 0.4) is 0 Å². The van der Waals surface area contributed by atoms with E-state index in [0.29, 0.717) is 13.2 Å². The van der Waals surface area contributed by atoms with E-state index in [1.54, 1.807) is 7.11 Å². The number of benzene rings is 2.